The van der Waals surface area contributed by atoms with E-state index in [2.05, 4.69) is 63.1 Å². The SMILES string of the molecule is CC(C)(O)OCCc1cncc(-c2nn(C3CCCCO3)c3ccc(O[Si](C)(C)C(C)(C)C)cc23)c1. The van der Waals surface area contributed by atoms with E-state index in [9.17, 15) is 5.11 Å². The molecule has 3 aromatic rings. The third-order valence-electron chi connectivity index (χ3n) is 7.20. The molecule has 36 heavy (non-hydrogen) atoms. The molecule has 1 fully saturated rings. The summed E-state index contributed by atoms with van der Waals surface area (Å²) in [5.41, 5.74) is 3.88. The number of rotatable bonds is 8. The molecule has 1 unspecified atom stereocenters. The van der Waals surface area contributed by atoms with Gasteiger partial charge in [0, 0.05) is 30.0 Å². The van der Waals surface area contributed by atoms with Crippen LogP contribution in [0.4, 0.5) is 0 Å². The molecule has 0 saturated carbocycles. The van der Waals surface area contributed by atoms with Crippen molar-refractivity contribution in [2.75, 3.05) is 13.2 Å². The van der Waals surface area contributed by atoms with Crippen molar-refractivity contribution in [3.8, 4) is 17.0 Å². The van der Waals surface area contributed by atoms with Crippen LogP contribution < -0.4 is 4.43 Å². The Balaban J connectivity index is 1.73. The van der Waals surface area contributed by atoms with Crippen LogP contribution in [0.3, 0.4) is 0 Å². The lowest BCUT2D eigenvalue weighted by Crippen LogP contribution is -2.43. The van der Waals surface area contributed by atoms with Gasteiger partial charge in [0.2, 0.25) is 8.32 Å². The molecular formula is C28H41N3O4Si. The first-order chi connectivity index (χ1) is 16.8. The molecule has 196 valence electrons. The standard InChI is InChI=1S/C28H41N3O4Si/c1-27(2,3)36(6,7)35-22-11-12-24-23(17-22)26(30-31(24)25-10-8-9-14-33-25)21-16-20(18-29-19-21)13-15-34-28(4,5)32/h11-12,16-19,25,32H,8-10,13-15H2,1-7H3. The minimum atomic E-state index is -1.99. The van der Waals surface area contributed by atoms with Gasteiger partial charge in [-0.2, -0.15) is 5.10 Å². The number of hydrogen-bond acceptors (Lipinski definition) is 6. The van der Waals surface area contributed by atoms with Crippen LogP contribution in [0.2, 0.25) is 18.1 Å². The average molecular weight is 512 g/mol. The highest BCUT2D eigenvalue weighted by Crippen LogP contribution is 2.40. The molecule has 1 saturated heterocycles. The number of aromatic nitrogens is 3. The fourth-order valence-corrected chi connectivity index (χ4v) is 5.18. The Bertz CT molecular complexity index is 1190. The number of hydrogen-bond donors (Lipinski definition) is 1. The molecule has 0 spiro atoms. The third-order valence-corrected chi connectivity index (χ3v) is 11.6. The fraction of sp³-hybridized carbons (Fsp3) is 0.571. The highest BCUT2D eigenvalue weighted by atomic mass is 28.4. The highest BCUT2D eigenvalue weighted by Gasteiger charge is 2.39. The van der Waals surface area contributed by atoms with Gasteiger partial charge in [-0.3, -0.25) is 4.98 Å². The van der Waals surface area contributed by atoms with Gasteiger partial charge >= 0.3 is 0 Å². The minimum Gasteiger partial charge on any atom is -0.543 e. The van der Waals surface area contributed by atoms with E-state index >= 15 is 0 Å². The Labute approximate surface area is 215 Å². The van der Waals surface area contributed by atoms with Gasteiger partial charge in [-0.25, -0.2) is 4.68 Å². The highest BCUT2D eigenvalue weighted by molar-refractivity contribution is 6.74. The normalized spacial score (nSPS) is 17.5. The summed E-state index contributed by atoms with van der Waals surface area (Å²) in [7, 11) is -1.99. The first-order valence-electron chi connectivity index (χ1n) is 13.0. The maximum atomic E-state index is 9.86. The van der Waals surface area contributed by atoms with Crippen LogP contribution in [0.5, 0.6) is 5.75 Å². The van der Waals surface area contributed by atoms with E-state index in [0.29, 0.717) is 13.0 Å². The molecule has 1 aliphatic rings. The van der Waals surface area contributed by atoms with Crippen LogP contribution in [-0.2, 0) is 15.9 Å². The predicted molar refractivity (Wildman–Crippen MR) is 146 cm³/mol. The second kappa shape index (κ2) is 10.2. The van der Waals surface area contributed by atoms with Crippen molar-refractivity contribution in [3.05, 3.63) is 42.2 Å². The van der Waals surface area contributed by atoms with Crippen LogP contribution >= 0.6 is 0 Å². The molecule has 0 bridgehead atoms. The monoisotopic (exact) mass is 511 g/mol. The summed E-state index contributed by atoms with van der Waals surface area (Å²) in [5.74, 6) is -0.275. The number of aliphatic hydroxyl groups is 1. The van der Waals surface area contributed by atoms with Crippen LogP contribution in [0, 0.1) is 0 Å². The maximum absolute atomic E-state index is 9.86. The van der Waals surface area contributed by atoms with Crippen LogP contribution in [0.15, 0.2) is 36.7 Å². The van der Waals surface area contributed by atoms with Gasteiger partial charge < -0.3 is 19.0 Å². The Morgan fingerprint density at radius 1 is 1.11 bits per heavy atom. The number of pyridine rings is 1. The lowest BCUT2D eigenvalue weighted by Gasteiger charge is -2.36. The second-order valence-electron chi connectivity index (χ2n) is 11.8. The molecule has 2 aromatic heterocycles. The minimum absolute atomic E-state index is 0.0708. The van der Waals surface area contributed by atoms with Crippen molar-refractivity contribution in [1.29, 1.82) is 0 Å². The summed E-state index contributed by atoms with van der Waals surface area (Å²) in [5, 5.41) is 16.1. The summed E-state index contributed by atoms with van der Waals surface area (Å²) in [6.45, 7) is 15.7. The topological polar surface area (TPSA) is 78.6 Å². The molecule has 7 nitrogen and oxygen atoms in total. The van der Waals surface area contributed by atoms with Gasteiger partial charge in [0.1, 0.15) is 11.4 Å². The summed E-state index contributed by atoms with van der Waals surface area (Å²) in [6.07, 6.45) is 7.44. The van der Waals surface area contributed by atoms with Crippen molar-refractivity contribution in [3.63, 3.8) is 0 Å². The smallest absolute Gasteiger partial charge is 0.250 e. The quantitative estimate of drug-likeness (QED) is 0.276. The molecule has 1 atom stereocenters. The van der Waals surface area contributed by atoms with E-state index in [0.717, 1.165) is 59.3 Å². The molecule has 8 heteroatoms. The van der Waals surface area contributed by atoms with Crippen molar-refractivity contribution in [2.45, 2.75) is 90.4 Å². The first-order valence-corrected chi connectivity index (χ1v) is 15.9. The zero-order chi connectivity index (χ0) is 26.1. The Morgan fingerprint density at radius 2 is 1.89 bits per heavy atom. The largest absolute Gasteiger partial charge is 0.543 e. The van der Waals surface area contributed by atoms with Crippen LogP contribution in [-0.4, -0.2) is 47.2 Å². The zero-order valence-electron chi connectivity index (χ0n) is 22.8. The number of benzene rings is 1. The van der Waals surface area contributed by atoms with Gasteiger partial charge in [0.15, 0.2) is 12.0 Å². The van der Waals surface area contributed by atoms with E-state index in [1.54, 1.807) is 13.8 Å². The number of fused-ring (bicyclic) bond motifs is 1. The average Bonchev–Trinajstić information content (AvgIpc) is 3.17. The number of nitrogens with zero attached hydrogens (tertiary/aromatic N) is 3. The molecule has 1 N–H and O–H groups in total. The number of ether oxygens (including phenoxy) is 2. The lowest BCUT2D eigenvalue weighted by molar-refractivity contribution is -0.175. The van der Waals surface area contributed by atoms with Gasteiger partial charge in [-0.05, 0) is 87.5 Å². The molecule has 0 amide bonds. The van der Waals surface area contributed by atoms with Crippen LogP contribution in [0.1, 0.15) is 65.7 Å². The molecule has 0 aliphatic carbocycles. The lowest BCUT2D eigenvalue weighted by atomic mass is 10.1. The van der Waals surface area contributed by atoms with E-state index < -0.39 is 14.1 Å². The van der Waals surface area contributed by atoms with Gasteiger partial charge in [-0.1, -0.05) is 20.8 Å². The van der Waals surface area contributed by atoms with Crippen LogP contribution in [0.25, 0.3) is 22.2 Å². The summed E-state index contributed by atoms with van der Waals surface area (Å²) in [4.78, 5) is 4.50. The zero-order valence-corrected chi connectivity index (χ0v) is 23.8. The summed E-state index contributed by atoms with van der Waals surface area (Å²) < 4.78 is 20.3. The van der Waals surface area contributed by atoms with Crippen molar-refractivity contribution in [1.82, 2.24) is 14.8 Å². The van der Waals surface area contributed by atoms with Gasteiger partial charge in [0.05, 0.1) is 12.1 Å². The van der Waals surface area contributed by atoms with E-state index in [-0.39, 0.29) is 11.3 Å². The first kappa shape index (κ1) is 26.8. The molecule has 4 rings (SSSR count). The Kier molecular flexibility index (Phi) is 7.62. The fourth-order valence-electron chi connectivity index (χ4n) is 4.15. The molecule has 1 aliphatic heterocycles. The summed E-state index contributed by atoms with van der Waals surface area (Å²) >= 11 is 0. The maximum Gasteiger partial charge on any atom is 0.250 e. The Morgan fingerprint density at radius 3 is 2.56 bits per heavy atom. The van der Waals surface area contributed by atoms with Crippen molar-refractivity contribution < 1.29 is 19.0 Å². The Hall–Kier alpha value is -2.26. The summed E-state index contributed by atoms with van der Waals surface area (Å²) in [6, 6.07) is 8.41. The van der Waals surface area contributed by atoms with E-state index in [1.165, 1.54) is 0 Å². The molecule has 3 heterocycles. The molecule has 1 aromatic carbocycles. The van der Waals surface area contributed by atoms with Crippen molar-refractivity contribution in [2.24, 2.45) is 0 Å². The third kappa shape index (κ3) is 6.17. The van der Waals surface area contributed by atoms with E-state index in [4.69, 9.17) is 19.0 Å². The van der Waals surface area contributed by atoms with E-state index in [1.807, 2.05) is 17.1 Å². The van der Waals surface area contributed by atoms with Crippen molar-refractivity contribution >= 4 is 19.2 Å². The predicted octanol–water partition coefficient (Wildman–Crippen LogP) is 6.47. The molecular weight excluding hydrogens is 470 g/mol. The van der Waals surface area contributed by atoms with Gasteiger partial charge in [0.25, 0.3) is 0 Å². The molecule has 0 radical (unpaired) electrons. The second-order valence-corrected chi connectivity index (χ2v) is 16.5. The van der Waals surface area contributed by atoms with Gasteiger partial charge in [-0.15, -0.1) is 0 Å².